The normalized spacial score (nSPS) is 11.7. The van der Waals surface area contributed by atoms with Gasteiger partial charge in [0.25, 0.3) is 15.9 Å². The van der Waals surface area contributed by atoms with Crippen molar-refractivity contribution >= 4 is 31.5 Å². The highest BCUT2D eigenvalue weighted by Gasteiger charge is 2.24. The van der Waals surface area contributed by atoms with Crippen LogP contribution in [0.3, 0.4) is 0 Å². The molecule has 1 amide bonds. The molecule has 2 aromatic rings. The van der Waals surface area contributed by atoms with Crippen molar-refractivity contribution in [3.05, 3.63) is 48.0 Å². The molecule has 0 aliphatic carbocycles. The topological polar surface area (TPSA) is 119 Å². The molecule has 140 valence electrons. The Morgan fingerprint density at radius 1 is 1.04 bits per heavy atom. The molecule has 2 N–H and O–H groups in total. The molecule has 0 fully saturated rings. The van der Waals surface area contributed by atoms with Crippen molar-refractivity contribution in [3.63, 3.8) is 0 Å². The number of benzene rings is 2. The van der Waals surface area contributed by atoms with Crippen molar-refractivity contribution < 1.29 is 26.4 Å². The van der Waals surface area contributed by atoms with Crippen LogP contribution in [0.5, 0.6) is 5.75 Å². The van der Waals surface area contributed by atoms with Crippen molar-refractivity contribution in [2.45, 2.75) is 9.79 Å². The maximum atomic E-state index is 12.8. The number of sulfonamides is 1. The molecule has 0 aromatic heterocycles. The van der Waals surface area contributed by atoms with Crippen molar-refractivity contribution in [1.29, 1.82) is 0 Å². The van der Waals surface area contributed by atoms with Crippen molar-refractivity contribution in [1.82, 2.24) is 5.32 Å². The second-order valence-corrected chi connectivity index (χ2v) is 8.98. The van der Waals surface area contributed by atoms with Gasteiger partial charge in [-0.1, -0.05) is 12.1 Å². The number of anilines is 1. The third-order valence-corrected chi connectivity index (χ3v) is 5.99. The highest BCUT2D eigenvalue weighted by atomic mass is 32.2. The number of methoxy groups -OCH3 is 1. The predicted molar refractivity (Wildman–Crippen MR) is 96.7 cm³/mol. The van der Waals surface area contributed by atoms with Gasteiger partial charge in [-0.15, -0.1) is 0 Å². The molecule has 0 spiro atoms. The summed E-state index contributed by atoms with van der Waals surface area (Å²) < 4.78 is 56.4. The summed E-state index contributed by atoms with van der Waals surface area (Å²) in [5, 5.41) is 2.42. The fourth-order valence-electron chi connectivity index (χ4n) is 2.20. The van der Waals surface area contributed by atoms with E-state index in [1.807, 2.05) is 0 Å². The van der Waals surface area contributed by atoms with Crippen molar-refractivity contribution in [2.75, 3.05) is 25.1 Å². The molecule has 10 heteroatoms. The van der Waals surface area contributed by atoms with Crippen LogP contribution in [0.4, 0.5) is 5.69 Å². The van der Waals surface area contributed by atoms with Gasteiger partial charge in [0.2, 0.25) is 0 Å². The average molecular weight is 398 g/mol. The molecule has 8 nitrogen and oxygen atoms in total. The Bertz CT molecular complexity index is 1050. The van der Waals surface area contributed by atoms with E-state index in [9.17, 15) is 21.6 Å². The third kappa shape index (κ3) is 4.14. The Morgan fingerprint density at radius 3 is 2.27 bits per heavy atom. The number of carbonyl (C=O) groups is 1. The lowest BCUT2D eigenvalue weighted by molar-refractivity contribution is 0.0964. The van der Waals surface area contributed by atoms with Crippen LogP contribution in [-0.2, 0) is 19.9 Å². The average Bonchev–Trinajstić information content (AvgIpc) is 2.59. The van der Waals surface area contributed by atoms with Crippen molar-refractivity contribution in [2.24, 2.45) is 0 Å². The summed E-state index contributed by atoms with van der Waals surface area (Å²) in [7, 11) is -5.15. The Labute approximate surface area is 152 Å². The minimum atomic E-state index is -4.22. The molecule has 2 aromatic carbocycles. The van der Waals surface area contributed by atoms with Gasteiger partial charge in [-0.05, 0) is 30.3 Å². The Kier molecular flexibility index (Phi) is 5.57. The maximum absolute atomic E-state index is 12.8. The van der Waals surface area contributed by atoms with E-state index in [-0.39, 0.29) is 26.8 Å². The number of ether oxygens (including phenoxy) is 1. The molecule has 0 saturated heterocycles. The van der Waals surface area contributed by atoms with E-state index in [4.69, 9.17) is 4.74 Å². The number of carbonyl (C=O) groups excluding carboxylic acids is 1. The molecule has 0 radical (unpaired) electrons. The first kappa shape index (κ1) is 19.7. The molecule has 0 aliphatic heterocycles. The number of nitrogens with one attached hydrogen (secondary N) is 2. The fourth-order valence-corrected chi connectivity index (χ4v) is 4.20. The van der Waals surface area contributed by atoms with Crippen molar-refractivity contribution in [3.8, 4) is 5.75 Å². The van der Waals surface area contributed by atoms with E-state index in [0.29, 0.717) is 0 Å². The Morgan fingerprint density at radius 2 is 1.69 bits per heavy atom. The van der Waals surface area contributed by atoms with Gasteiger partial charge in [0, 0.05) is 13.3 Å². The van der Waals surface area contributed by atoms with Crippen LogP contribution in [0.2, 0.25) is 0 Å². The standard InChI is InChI=1S/C16H18N2O6S2/c1-17-16(19)12-6-4-5-7-13(12)18-26(22,23)15-10-11(25(3,20)21)8-9-14(15)24-2/h4-10,18H,1-3H3,(H,17,19). The van der Waals surface area contributed by atoms with E-state index < -0.39 is 25.8 Å². The maximum Gasteiger partial charge on any atom is 0.265 e. The number of hydrogen-bond donors (Lipinski definition) is 2. The van der Waals surface area contributed by atoms with Crippen LogP contribution in [0, 0.1) is 0 Å². The predicted octanol–water partition coefficient (Wildman–Crippen LogP) is 1.26. The lowest BCUT2D eigenvalue weighted by Crippen LogP contribution is -2.22. The quantitative estimate of drug-likeness (QED) is 0.756. The van der Waals surface area contributed by atoms with E-state index in [1.54, 1.807) is 12.1 Å². The molecule has 0 heterocycles. The summed E-state index contributed by atoms with van der Waals surface area (Å²) in [6.45, 7) is 0. The van der Waals surface area contributed by atoms with Gasteiger partial charge in [0.05, 0.1) is 23.3 Å². The van der Waals surface area contributed by atoms with Crippen LogP contribution in [-0.4, -0.2) is 43.2 Å². The summed E-state index contributed by atoms with van der Waals surface area (Å²) in [4.78, 5) is 11.4. The molecular weight excluding hydrogens is 380 g/mol. The summed E-state index contributed by atoms with van der Waals surface area (Å²) in [6.07, 6.45) is 0.972. The summed E-state index contributed by atoms with van der Waals surface area (Å²) in [5.74, 6) is -0.498. The number of para-hydroxylation sites is 1. The Balaban J connectivity index is 2.57. The zero-order valence-electron chi connectivity index (χ0n) is 14.3. The second kappa shape index (κ2) is 7.34. The minimum Gasteiger partial charge on any atom is -0.495 e. The first-order valence-electron chi connectivity index (χ1n) is 7.32. The first-order valence-corrected chi connectivity index (χ1v) is 10.7. The van der Waals surface area contributed by atoms with Gasteiger partial charge in [-0.2, -0.15) is 0 Å². The number of hydrogen-bond acceptors (Lipinski definition) is 6. The molecule has 0 atom stereocenters. The van der Waals surface area contributed by atoms with Crippen LogP contribution in [0.15, 0.2) is 52.3 Å². The fraction of sp³-hybridized carbons (Fsp3) is 0.188. The van der Waals surface area contributed by atoms with Gasteiger partial charge in [-0.25, -0.2) is 16.8 Å². The highest BCUT2D eigenvalue weighted by Crippen LogP contribution is 2.29. The molecular formula is C16H18N2O6S2. The van der Waals surface area contributed by atoms with Crippen LogP contribution in [0.1, 0.15) is 10.4 Å². The second-order valence-electron chi connectivity index (χ2n) is 5.32. The Hall–Kier alpha value is -2.59. The van der Waals surface area contributed by atoms with Gasteiger partial charge in [0.1, 0.15) is 10.6 Å². The molecule has 0 bridgehead atoms. The number of rotatable bonds is 6. The third-order valence-electron chi connectivity index (χ3n) is 3.50. The zero-order chi connectivity index (χ0) is 19.5. The molecule has 0 aliphatic rings. The van der Waals surface area contributed by atoms with E-state index in [1.165, 1.54) is 38.4 Å². The molecule has 0 saturated carbocycles. The lowest BCUT2D eigenvalue weighted by atomic mass is 10.2. The SMILES string of the molecule is CNC(=O)c1ccccc1NS(=O)(=O)c1cc(S(C)(=O)=O)ccc1OC. The van der Waals surface area contributed by atoms with Crippen LogP contribution in [0.25, 0.3) is 0 Å². The lowest BCUT2D eigenvalue weighted by Gasteiger charge is -2.14. The molecule has 0 unspecified atom stereocenters. The smallest absolute Gasteiger partial charge is 0.265 e. The van der Waals surface area contributed by atoms with E-state index in [2.05, 4.69) is 10.0 Å². The first-order chi connectivity index (χ1) is 12.1. The minimum absolute atomic E-state index is 0.0256. The van der Waals surface area contributed by atoms with Crippen LogP contribution >= 0.6 is 0 Å². The summed E-state index contributed by atoms with van der Waals surface area (Å²) in [5.41, 5.74) is 0.176. The molecule has 26 heavy (non-hydrogen) atoms. The summed E-state index contributed by atoms with van der Waals surface area (Å²) in [6, 6.07) is 9.57. The van der Waals surface area contributed by atoms with Gasteiger partial charge in [0.15, 0.2) is 9.84 Å². The highest BCUT2D eigenvalue weighted by molar-refractivity contribution is 7.93. The van der Waals surface area contributed by atoms with E-state index in [0.717, 1.165) is 12.3 Å². The van der Waals surface area contributed by atoms with Gasteiger partial charge in [-0.3, -0.25) is 9.52 Å². The largest absolute Gasteiger partial charge is 0.495 e. The number of sulfone groups is 1. The van der Waals surface area contributed by atoms with Crippen LogP contribution < -0.4 is 14.8 Å². The van der Waals surface area contributed by atoms with Gasteiger partial charge < -0.3 is 10.1 Å². The van der Waals surface area contributed by atoms with Gasteiger partial charge >= 0.3 is 0 Å². The molecule has 2 rings (SSSR count). The number of amides is 1. The summed E-state index contributed by atoms with van der Waals surface area (Å²) >= 11 is 0. The monoisotopic (exact) mass is 398 g/mol. The van der Waals surface area contributed by atoms with E-state index >= 15 is 0 Å². The zero-order valence-corrected chi connectivity index (χ0v) is 15.9.